The number of hydrogen-bond donors (Lipinski definition) is 1. The maximum Gasteiger partial charge on any atom is 0.0956 e. The summed E-state index contributed by atoms with van der Waals surface area (Å²) in [4.78, 5) is 8.39. The lowest BCUT2D eigenvalue weighted by Gasteiger charge is -2.26. The summed E-state index contributed by atoms with van der Waals surface area (Å²) in [5.41, 5.74) is 8.59. The van der Waals surface area contributed by atoms with Crippen molar-refractivity contribution in [1.82, 2.24) is 14.5 Å². The molecule has 0 saturated carbocycles. The van der Waals surface area contributed by atoms with Crippen molar-refractivity contribution < 1.29 is 4.74 Å². The van der Waals surface area contributed by atoms with Gasteiger partial charge in [0.05, 0.1) is 30.4 Å². The minimum absolute atomic E-state index is 0.0475. The highest BCUT2D eigenvalue weighted by molar-refractivity contribution is 5.72. The third-order valence-electron chi connectivity index (χ3n) is 3.55. The van der Waals surface area contributed by atoms with Gasteiger partial charge in [0.1, 0.15) is 0 Å². The average Bonchev–Trinajstić information content (AvgIpc) is 2.99. The molecule has 5 heteroatoms. The van der Waals surface area contributed by atoms with E-state index in [9.17, 15) is 0 Å². The number of nitrogens with two attached hydrogens (primary N) is 1. The van der Waals surface area contributed by atoms with Gasteiger partial charge in [-0.15, -0.1) is 0 Å². The van der Waals surface area contributed by atoms with Gasteiger partial charge in [0.25, 0.3) is 0 Å². The summed E-state index contributed by atoms with van der Waals surface area (Å²) >= 11 is 0. The monoisotopic (exact) mass is 244 g/mol. The van der Waals surface area contributed by atoms with Crippen molar-refractivity contribution in [2.45, 2.75) is 18.9 Å². The van der Waals surface area contributed by atoms with Gasteiger partial charge < -0.3 is 15.0 Å². The van der Waals surface area contributed by atoms with Crippen molar-refractivity contribution in [2.75, 3.05) is 18.9 Å². The summed E-state index contributed by atoms with van der Waals surface area (Å²) in [6, 6.07) is 1.81. The van der Waals surface area contributed by atoms with Gasteiger partial charge in [0.2, 0.25) is 0 Å². The number of rotatable bonds is 2. The summed E-state index contributed by atoms with van der Waals surface area (Å²) in [7, 11) is 0. The van der Waals surface area contributed by atoms with Crippen LogP contribution in [-0.2, 0) is 10.3 Å². The molecule has 0 aromatic carbocycles. The van der Waals surface area contributed by atoms with E-state index in [4.69, 9.17) is 10.5 Å². The highest BCUT2D eigenvalue weighted by atomic mass is 16.5. The van der Waals surface area contributed by atoms with Crippen LogP contribution in [0, 0.1) is 0 Å². The maximum absolute atomic E-state index is 6.01. The molecule has 94 valence electrons. The van der Waals surface area contributed by atoms with E-state index >= 15 is 0 Å². The fourth-order valence-corrected chi connectivity index (χ4v) is 2.39. The molecule has 0 spiro atoms. The standard InChI is InChI=1S/C13H16N4O/c1-13(3-5-18-8-13)17-9-16-7-12(17)10-6-15-4-2-11(10)14/h2,4,6-7,9H,3,5,8H2,1H3,(H2,14,15). The predicted octanol–water partition coefficient (Wildman–Crippen LogP) is 1.66. The Morgan fingerprint density at radius 2 is 2.28 bits per heavy atom. The fraction of sp³-hybridized carbons (Fsp3) is 0.385. The molecular formula is C13H16N4O. The largest absolute Gasteiger partial charge is 0.398 e. The number of nitrogens with zero attached hydrogens (tertiary/aromatic N) is 3. The second-order valence-corrected chi connectivity index (χ2v) is 4.91. The van der Waals surface area contributed by atoms with Gasteiger partial charge in [0, 0.05) is 30.3 Å². The topological polar surface area (TPSA) is 66.0 Å². The van der Waals surface area contributed by atoms with E-state index in [1.165, 1.54) is 0 Å². The van der Waals surface area contributed by atoms with Crippen molar-refractivity contribution in [3.63, 3.8) is 0 Å². The smallest absolute Gasteiger partial charge is 0.0956 e. The van der Waals surface area contributed by atoms with Crippen LogP contribution < -0.4 is 5.73 Å². The fourth-order valence-electron chi connectivity index (χ4n) is 2.39. The Bertz CT molecular complexity index is 558. The molecule has 1 fully saturated rings. The zero-order chi connectivity index (χ0) is 12.6. The molecule has 0 amide bonds. The van der Waals surface area contributed by atoms with Crippen LogP contribution in [0.25, 0.3) is 11.3 Å². The second kappa shape index (κ2) is 4.10. The molecule has 0 bridgehead atoms. The van der Waals surface area contributed by atoms with Crippen LogP contribution in [0.2, 0.25) is 0 Å². The third-order valence-corrected chi connectivity index (χ3v) is 3.55. The summed E-state index contributed by atoms with van der Waals surface area (Å²) in [5.74, 6) is 0. The number of aromatic nitrogens is 3. The molecule has 1 unspecified atom stereocenters. The first kappa shape index (κ1) is 11.2. The Balaban J connectivity index is 2.10. The van der Waals surface area contributed by atoms with E-state index in [1.807, 2.05) is 12.5 Å². The first-order valence-corrected chi connectivity index (χ1v) is 6.01. The molecule has 3 heterocycles. The number of ether oxygens (including phenoxy) is 1. The molecule has 2 N–H and O–H groups in total. The van der Waals surface area contributed by atoms with E-state index in [-0.39, 0.29) is 5.54 Å². The highest BCUT2D eigenvalue weighted by Crippen LogP contribution is 2.33. The average molecular weight is 244 g/mol. The van der Waals surface area contributed by atoms with E-state index in [0.29, 0.717) is 12.3 Å². The lowest BCUT2D eigenvalue weighted by Crippen LogP contribution is -2.30. The molecule has 1 atom stereocenters. The van der Waals surface area contributed by atoms with Gasteiger partial charge in [-0.3, -0.25) is 4.98 Å². The molecule has 0 radical (unpaired) electrons. The SMILES string of the molecule is CC1(n2cncc2-c2cnccc2N)CCOC1. The lowest BCUT2D eigenvalue weighted by atomic mass is 10.0. The van der Waals surface area contributed by atoms with Crippen LogP contribution in [0.3, 0.4) is 0 Å². The van der Waals surface area contributed by atoms with Crippen LogP contribution >= 0.6 is 0 Å². The molecule has 1 saturated heterocycles. The molecule has 1 aliphatic heterocycles. The first-order valence-electron chi connectivity index (χ1n) is 6.01. The summed E-state index contributed by atoms with van der Waals surface area (Å²) in [6.45, 7) is 3.67. The number of pyridine rings is 1. The van der Waals surface area contributed by atoms with Crippen molar-refractivity contribution in [3.8, 4) is 11.3 Å². The molecule has 18 heavy (non-hydrogen) atoms. The van der Waals surface area contributed by atoms with Crippen molar-refractivity contribution >= 4 is 5.69 Å². The Morgan fingerprint density at radius 3 is 3.00 bits per heavy atom. The lowest BCUT2D eigenvalue weighted by molar-refractivity contribution is 0.162. The number of nitrogen functional groups attached to an aromatic ring is 1. The summed E-state index contributed by atoms with van der Waals surface area (Å²) < 4.78 is 7.66. The van der Waals surface area contributed by atoms with Crippen LogP contribution in [0.1, 0.15) is 13.3 Å². The zero-order valence-electron chi connectivity index (χ0n) is 10.3. The van der Waals surface area contributed by atoms with Gasteiger partial charge in [-0.2, -0.15) is 0 Å². The summed E-state index contributed by atoms with van der Waals surface area (Å²) in [5, 5.41) is 0. The van der Waals surface area contributed by atoms with E-state index in [2.05, 4.69) is 21.5 Å². The Morgan fingerprint density at radius 1 is 1.39 bits per heavy atom. The molecule has 2 aromatic heterocycles. The summed E-state index contributed by atoms with van der Waals surface area (Å²) in [6.07, 6.45) is 8.13. The van der Waals surface area contributed by atoms with Crippen molar-refractivity contribution in [2.24, 2.45) is 0 Å². The van der Waals surface area contributed by atoms with Gasteiger partial charge in [0.15, 0.2) is 0 Å². The minimum atomic E-state index is -0.0475. The van der Waals surface area contributed by atoms with Gasteiger partial charge >= 0.3 is 0 Å². The van der Waals surface area contributed by atoms with Crippen molar-refractivity contribution in [1.29, 1.82) is 0 Å². The molecular weight excluding hydrogens is 228 g/mol. The van der Waals surface area contributed by atoms with Crippen LogP contribution in [0.15, 0.2) is 31.0 Å². The Labute approximate surface area is 106 Å². The first-order chi connectivity index (χ1) is 8.71. The Hall–Kier alpha value is -1.88. The van der Waals surface area contributed by atoms with Gasteiger partial charge in [-0.1, -0.05) is 0 Å². The molecule has 1 aliphatic rings. The molecule has 2 aromatic rings. The van der Waals surface area contributed by atoms with Crippen LogP contribution in [-0.4, -0.2) is 27.7 Å². The zero-order valence-corrected chi connectivity index (χ0v) is 10.3. The highest BCUT2D eigenvalue weighted by Gasteiger charge is 2.33. The number of hydrogen-bond acceptors (Lipinski definition) is 4. The number of anilines is 1. The van der Waals surface area contributed by atoms with Gasteiger partial charge in [-0.25, -0.2) is 4.98 Å². The van der Waals surface area contributed by atoms with Crippen LogP contribution in [0.4, 0.5) is 5.69 Å². The van der Waals surface area contributed by atoms with Crippen LogP contribution in [0.5, 0.6) is 0 Å². The van der Waals surface area contributed by atoms with E-state index in [1.54, 1.807) is 18.5 Å². The maximum atomic E-state index is 6.01. The molecule has 0 aliphatic carbocycles. The molecule has 3 rings (SSSR count). The van der Waals surface area contributed by atoms with Gasteiger partial charge in [-0.05, 0) is 19.4 Å². The third kappa shape index (κ3) is 1.67. The second-order valence-electron chi connectivity index (χ2n) is 4.91. The van der Waals surface area contributed by atoms with E-state index in [0.717, 1.165) is 24.3 Å². The minimum Gasteiger partial charge on any atom is -0.398 e. The molecule has 5 nitrogen and oxygen atoms in total. The number of imidazole rings is 1. The predicted molar refractivity (Wildman–Crippen MR) is 69.0 cm³/mol. The normalized spacial score (nSPS) is 23.4. The quantitative estimate of drug-likeness (QED) is 0.872. The van der Waals surface area contributed by atoms with Crippen molar-refractivity contribution in [3.05, 3.63) is 31.0 Å². The Kier molecular flexibility index (Phi) is 2.56. The van der Waals surface area contributed by atoms with E-state index < -0.39 is 0 Å².